The van der Waals surface area contributed by atoms with Crippen molar-refractivity contribution in [1.29, 1.82) is 0 Å². The van der Waals surface area contributed by atoms with E-state index in [1.165, 1.54) is 15.6 Å². The number of aromatic nitrogens is 1. The lowest BCUT2D eigenvalue weighted by Gasteiger charge is -2.37. The van der Waals surface area contributed by atoms with Gasteiger partial charge in [0.2, 0.25) is 10.0 Å². The summed E-state index contributed by atoms with van der Waals surface area (Å²) >= 11 is 1.53. The molecule has 2 saturated carbocycles. The molecule has 2 bridgehead atoms. The molecule has 2 aliphatic carbocycles. The van der Waals surface area contributed by atoms with Crippen LogP contribution in [0.3, 0.4) is 0 Å². The van der Waals surface area contributed by atoms with Gasteiger partial charge in [-0.2, -0.15) is 5.06 Å². The Kier molecular flexibility index (Phi) is 4.83. The van der Waals surface area contributed by atoms with Crippen LogP contribution in [0, 0.1) is 16.7 Å². The molecule has 7 nitrogen and oxygen atoms in total. The van der Waals surface area contributed by atoms with Crippen molar-refractivity contribution < 1.29 is 18.0 Å². The van der Waals surface area contributed by atoms with Crippen molar-refractivity contribution in [2.45, 2.75) is 64.3 Å². The maximum Gasteiger partial charge on any atom is 0.267 e. The van der Waals surface area contributed by atoms with Crippen LogP contribution in [0.25, 0.3) is 0 Å². The van der Waals surface area contributed by atoms with E-state index in [2.05, 4.69) is 18.8 Å². The van der Waals surface area contributed by atoms with Crippen LogP contribution in [0.5, 0.6) is 0 Å². The van der Waals surface area contributed by atoms with Gasteiger partial charge < -0.3 is 0 Å². The number of thiazole rings is 1. The lowest BCUT2D eigenvalue weighted by molar-refractivity contribution is -0.184. The molecular formula is C24H29N3O4S2. The van der Waals surface area contributed by atoms with Gasteiger partial charge in [-0.25, -0.2) is 17.7 Å². The Morgan fingerprint density at radius 3 is 2.73 bits per heavy atom. The van der Waals surface area contributed by atoms with Gasteiger partial charge in [-0.15, -0.1) is 11.3 Å². The predicted octanol–water partition coefficient (Wildman–Crippen LogP) is 3.76. The van der Waals surface area contributed by atoms with Crippen molar-refractivity contribution in [3.8, 4) is 0 Å². The van der Waals surface area contributed by atoms with E-state index in [1.54, 1.807) is 11.3 Å². The first-order chi connectivity index (χ1) is 15.7. The van der Waals surface area contributed by atoms with E-state index in [0.717, 1.165) is 29.8 Å². The van der Waals surface area contributed by atoms with E-state index in [9.17, 15) is 13.2 Å². The number of benzene rings is 1. The average molecular weight is 488 g/mol. The molecule has 6 rings (SSSR count). The maximum atomic E-state index is 13.8. The van der Waals surface area contributed by atoms with Crippen molar-refractivity contribution in [2.24, 2.45) is 16.7 Å². The van der Waals surface area contributed by atoms with Crippen molar-refractivity contribution in [3.63, 3.8) is 0 Å². The molecule has 1 spiro atoms. The highest BCUT2D eigenvalue weighted by Gasteiger charge is 2.72. The van der Waals surface area contributed by atoms with E-state index in [0.29, 0.717) is 18.9 Å². The first-order valence-electron chi connectivity index (χ1n) is 11.7. The van der Waals surface area contributed by atoms with Gasteiger partial charge in [0.15, 0.2) is 6.10 Å². The second kappa shape index (κ2) is 7.34. The summed E-state index contributed by atoms with van der Waals surface area (Å²) in [7, 11) is -3.67. The Bertz CT molecular complexity index is 1170. The number of fused-ring (bicyclic) bond motifs is 1. The summed E-state index contributed by atoms with van der Waals surface area (Å²) in [5, 5.41) is 4.60. The molecule has 2 aromatic rings. The summed E-state index contributed by atoms with van der Waals surface area (Å²) in [5.41, 5.74) is 0.664. The summed E-state index contributed by atoms with van der Waals surface area (Å²) in [6.45, 7) is 4.89. The SMILES string of the molecule is CC1(C)[C@@H]2CC[C@]13CS(=O)(=O)N(C(=O)[C@H]1C[C@H](c4nccs4)N(Cc4ccccc4)O1)[C@@H]3C2. The standard InChI is InChI=1S/C24H29N3O4S2/c1-23(2)17-8-9-24(23)15-33(29,30)27(20(24)12-17)22(28)19-13-18(21-25-10-11-32-21)26(31-19)14-16-6-4-3-5-7-16/h3-7,10-11,17-20H,8-9,12-15H2,1-2H3/t17-,18-,19-,20-,24-/m1/s1. The molecule has 0 radical (unpaired) electrons. The highest BCUT2D eigenvalue weighted by molar-refractivity contribution is 7.90. The van der Waals surface area contributed by atoms with Crippen LogP contribution in [0.15, 0.2) is 41.9 Å². The number of hydroxylamine groups is 2. The lowest BCUT2D eigenvalue weighted by atomic mass is 9.69. The van der Waals surface area contributed by atoms with Crippen LogP contribution in [-0.2, 0) is 26.2 Å². The molecule has 2 saturated heterocycles. The molecule has 176 valence electrons. The molecule has 1 aromatic heterocycles. The fraction of sp³-hybridized carbons (Fsp3) is 0.583. The summed E-state index contributed by atoms with van der Waals surface area (Å²) in [6.07, 6.45) is 4.03. The Balaban J connectivity index is 1.29. The average Bonchev–Trinajstić information content (AvgIpc) is 3.55. The summed E-state index contributed by atoms with van der Waals surface area (Å²) < 4.78 is 27.9. The monoisotopic (exact) mass is 487 g/mol. The Hall–Kier alpha value is -1.81. The van der Waals surface area contributed by atoms with Gasteiger partial charge in [0.25, 0.3) is 5.91 Å². The molecule has 4 aliphatic rings. The van der Waals surface area contributed by atoms with Crippen LogP contribution >= 0.6 is 11.3 Å². The van der Waals surface area contributed by atoms with Crippen molar-refractivity contribution in [1.82, 2.24) is 14.4 Å². The zero-order valence-corrected chi connectivity index (χ0v) is 20.5. The molecule has 5 atom stereocenters. The van der Waals surface area contributed by atoms with Gasteiger partial charge in [-0.3, -0.25) is 9.63 Å². The fourth-order valence-electron chi connectivity index (χ4n) is 7.00. The summed E-state index contributed by atoms with van der Waals surface area (Å²) in [4.78, 5) is 24.4. The fourth-order valence-corrected chi connectivity index (χ4v) is 10.3. The molecular weight excluding hydrogens is 458 g/mol. The third-order valence-corrected chi connectivity index (χ3v) is 11.7. The maximum absolute atomic E-state index is 13.8. The molecule has 1 amide bonds. The van der Waals surface area contributed by atoms with E-state index >= 15 is 0 Å². The summed E-state index contributed by atoms with van der Waals surface area (Å²) in [5.74, 6) is 0.142. The topological polar surface area (TPSA) is 79.8 Å². The molecule has 2 aliphatic heterocycles. The van der Waals surface area contributed by atoms with Crippen LogP contribution in [-0.4, -0.2) is 46.6 Å². The van der Waals surface area contributed by atoms with Crippen molar-refractivity contribution in [2.75, 3.05) is 5.75 Å². The van der Waals surface area contributed by atoms with Gasteiger partial charge >= 0.3 is 0 Å². The van der Waals surface area contributed by atoms with Gasteiger partial charge in [-0.05, 0) is 36.2 Å². The van der Waals surface area contributed by atoms with Crippen LogP contribution in [0.4, 0.5) is 0 Å². The molecule has 9 heteroatoms. The molecule has 0 N–H and O–H groups in total. The Morgan fingerprint density at radius 2 is 2.03 bits per heavy atom. The number of nitrogens with zero attached hydrogens (tertiary/aromatic N) is 3. The third kappa shape index (κ3) is 3.08. The largest absolute Gasteiger partial charge is 0.285 e. The minimum absolute atomic E-state index is 0.0704. The Labute approximate surface area is 198 Å². The highest BCUT2D eigenvalue weighted by atomic mass is 32.2. The van der Waals surface area contributed by atoms with E-state index in [4.69, 9.17) is 4.84 Å². The van der Waals surface area contributed by atoms with Crippen LogP contribution in [0.1, 0.15) is 56.1 Å². The van der Waals surface area contributed by atoms with Gasteiger partial charge in [0, 0.05) is 30.0 Å². The van der Waals surface area contributed by atoms with Crippen molar-refractivity contribution >= 4 is 27.3 Å². The van der Waals surface area contributed by atoms with E-state index in [-0.39, 0.29) is 28.7 Å². The van der Waals surface area contributed by atoms with Gasteiger partial charge in [-0.1, -0.05) is 44.2 Å². The molecule has 33 heavy (non-hydrogen) atoms. The molecule has 0 unspecified atom stereocenters. The number of carbonyl (C=O) groups is 1. The Morgan fingerprint density at radius 1 is 1.24 bits per heavy atom. The molecule has 4 fully saturated rings. The zero-order valence-electron chi connectivity index (χ0n) is 18.9. The molecule has 1 aromatic carbocycles. The second-order valence-corrected chi connectivity index (χ2v) is 13.3. The smallest absolute Gasteiger partial charge is 0.267 e. The summed E-state index contributed by atoms with van der Waals surface area (Å²) in [6, 6.07) is 9.51. The first-order valence-corrected chi connectivity index (χ1v) is 14.1. The number of amides is 1. The first kappa shape index (κ1) is 21.7. The van der Waals surface area contributed by atoms with Crippen molar-refractivity contribution in [3.05, 3.63) is 52.5 Å². The van der Waals surface area contributed by atoms with Crippen LogP contribution in [0.2, 0.25) is 0 Å². The third-order valence-electron chi connectivity index (χ3n) is 8.87. The minimum Gasteiger partial charge on any atom is -0.285 e. The van der Waals surface area contributed by atoms with Crippen LogP contribution < -0.4 is 0 Å². The zero-order chi connectivity index (χ0) is 23.0. The predicted molar refractivity (Wildman–Crippen MR) is 124 cm³/mol. The number of hydrogen-bond acceptors (Lipinski definition) is 7. The molecule has 3 heterocycles. The normalized spacial score (nSPS) is 36.4. The highest BCUT2D eigenvalue weighted by Crippen LogP contribution is 2.70. The second-order valence-electron chi connectivity index (χ2n) is 10.5. The lowest BCUT2D eigenvalue weighted by Crippen LogP contribution is -2.47. The van der Waals surface area contributed by atoms with Gasteiger partial charge in [0.05, 0.1) is 17.8 Å². The number of hydrogen-bond donors (Lipinski definition) is 0. The van der Waals surface area contributed by atoms with Gasteiger partial charge in [0.1, 0.15) is 5.01 Å². The number of rotatable bonds is 4. The quantitative estimate of drug-likeness (QED) is 0.653. The van der Waals surface area contributed by atoms with E-state index in [1.807, 2.05) is 35.7 Å². The minimum atomic E-state index is -3.67. The van der Waals surface area contributed by atoms with E-state index < -0.39 is 22.0 Å². The number of carbonyl (C=O) groups excluding carboxylic acids is 1. The number of sulfonamides is 1.